The summed E-state index contributed by atoms with van der Waals surface area (Å²) in [5.41, 5.74) is 7.03. The van der Waals surface area contributed by atoms with E-state index in [9.17, 15) is 38.0 Å². The molecule has 2 fully saturated rings. The van der Waals surface area contributed by atoms with Crippen molar-refractivity contribution in [3.05, 3.63) is 104 Å². The molecule has 4 heterocycles. The Labute approximate surface area is 357 Å². The zero-order chi connectivity index (χ0) is 43.9. The molecule has 20 heteroatoms. The molecule has 4 aromatic rings. The van der Waals surface area contributed by atoms with Gasteiger partial charge < -0.3 is 30.9 Å². The molecule has 316 valence electrons. The van der Waals surface area contributed by atoms with Crippen LogP contribution in [0.25, 0.3) is 0 Å². The van der Waals surface area contributed by atoms with Crippen LogP contribution in [0.3, 0.4) is 0 Å². The Morgan fingerprint density at radius 1 is 0.984 bits per heavy atom. The highest BCUT2D eigenvalue weighted by molar-refractivity contribution is 6.36. The lowest BCUT2D eigenvalue weighted by atomic mass is 10.0. The monoisotopic (exact) mass is 873 g/mol. The number of piperidine rings is 1. The molecule has 2 unspecified atom stereocenters. The van der Waals surface area contributed by atoms with Crippen LogP contribution < -0.4 is 26.4 Å². The molecule has 0 spiro atoms. The molecule has 4 atom stereocenters. The maximum absolute atomic E-state index is 14.1. The van der Waals surface area contributed by atoms with Crippen molar-refractivity contribution in [2.45, 2.75) is 57.8 Å². The smallest absolute Gasteiger partial charge is 0.276 e. The zero-order valence-corrected chi connectivity index (χ0v) is 34.3. The summed E-state index contributed by atoms with van der Waals surface area (Å²) in [7, 11) is 0. The normalized spacial score (nSPS) is 19.3. The summed E-state index contributed by atoms with van der Waals surface area (Å²) in [6.45, 7) is 5.42. The van der Waals surface area contributed by atoms with E-state index in [0.29, 0.717) is 11.3 Å². The number of hydrogen-bond donors (Lipinski definition) is 4. The minimum absolute atomic E-state index is 0.0116. The first-order valence-corrected chi connectivity index (χ1v) is 19.8. The lowest BCUT2D eigenvalue weighted by Crippen LogP contribution is -2.60. The number of nitrogen functional groups attached to an aromatic ring is 1. The van der Waals surface area contributed by atoms with Crippen LogP contribution in [0.4, 0.5) is 21.6 Å². The quantitative estimate of drug-likeness (QED) is 0.128. The highest BCUT2D eigenvalue weighted by Gasteiger charge is 2.46. The number of amides is 7. The van der Waals surface area contributed by atoms with Crippen molar-refractivity contribution in [1.29, 1.82) is 0 Å². The van der Waals surface area contributed by atoms with E-state index in [1.54, 1.807) is 53.1 Å². The Morgan fingerprint density at radius 2 is 1.69 bits per heavy atom. The molecule has 3 aliphatic heterocycles. The number of imide groups is 2. The number of nitrogens with two attached hydrogens (primary N) is 1. The third-order valence-electron chi connectivity index (χ3n) is 10.6. The summed E-state index contributed by atoms with van der Waals surface area (Å²) < 4.78 is 20.0. The maximum atomic E-state index is 14.1. The number of rotatable bonds is 10. The van der Waals surface area contributed by atoms with Gasteiger partial charge in [0.05, 0.1) is 22.7 Å². The van der Waals surface area contributed by atoms with Crippen molar-refractivity contribution in [2.75, 3.05) is 36.0 Å². The van der Waals surface area contributed by atoms with Crippen molar-refractivity contribution in [3.63, 3.8) is 0 Å². The Kier molecular flexibility index (Phi) is 11.9. The highest BCUT2D eigenvalue weighted by atomic mass is 35.5. The lowest BCUT2D eigenvalue weighted by Gasteiger charge is -2.44. The Bertz CT molecular complexity index is 2500. The van der Waals surface area contributed by atoms with Gasteiger partial charge in [-0.05, 0) is 75.7 Å². The fourth-order valence-electron chi connectivity index (χ4n) is 7.73. The second-order valence-corrected chi connectivity index (χ2v) is 15.6. The largest absolute Gasteiger partial charge is 0.482 e. The number of nitrogens with zero attached hydrogens (tertiary/aromatic N) is 5. The van der Waals surface area contributed by atoms with Crippen molar-refractivity contribution >= 4 is 81.7 Å². The van der Waals surface area contributed by atoms with Crippen LogP contribution in [0.1, 0.15) is 86.8 Å². The number of ether oxygens (including phenoxy) is 1. The molecular weight excluding hydrogens is 836 g/mol. The van der Waals surface area contributed by atoms with E-state index in [-0.39, 0.29) is 94.0 Å². The molecule has 3 aromatic carbocycles. The van der Waals surface area contributed by atoms with Crippen LogP contribution in [-0.4, -0.2) is 104 Å². The topological polar surface area (TPSA) is 226 Å². The van der Waals surface area contributed by atoms with E-state index in [0.717, 1.165) is 11.0 Å². The molecule has 0 aliphatic carbocycles. The molecule has 0 radical (unpaired) electrons. The minimum Gasteiger partial charge on any atom is -0.482 e. The number of halogens is 3. The van der Waals surface area contributed by atoms with Gasteiger partial charge in [-0.25, -0.2) is 4.39 Å². The lowest BCUT2D eigenvalue weighted by molar-refractivity contribution is -0.137. The van der Waals surface area contributed by atoms with Gasteiger partial charge in [0.1, 0.15) is 18.0 Å². The van der Waals surface area contributed by atoms with E-state index < -0.39 is 59.6 Å². The fraction of sp³-hybridized carbons (Fsp3) is 0.293. The van der Waals surface area contributed by atoms with Gasteiger partial charge >= 0.3 is 0 Å². The number of hydrogen-bond acceptors (Lipinski definition) is 12. The molecule has 0 saturated carbocycles. The number of piperazine rings is 1. The van der Waals surface area contributed by atoms with Gasteiger partial charge in [-0.2, -0.15) is 0 Å². The van der Waals surface area contributed by atoms with Crippen LogP contribution in [0.15, 0.2) is 60.7 Å². The second-order valence-electron chi connectivity index (χ2n) is 14.8. The first kappa shape index (κ1) is 42.5. The third kappa shape index (κ3) is 8.40. The van der Waals surface area contributed by atoms with Gasteiger partial charge in [0, 0.05) is 65.2 Å². The van der Waals surface area contributed by atoms with Gasteiger partial charge in [-0.15, -0.1) is 10.2 Å². The first-order valence-electron chi connectivity index (χ1n) is 19.1. The SMILES string of the molecule is CC(Oc1cc(C(=O)Nc2ccc(C(=O)N3C[C@@H](C)N(C(=O)CNc4cccc5c4C(=O)N(C4CCC(=O)NC4=O)C5=O)[C@@H](C)C3)cc2)nnc1N)c1c(Cl)ccc(F)c1Cl. The Hall–Kier alpha value is -6.66. The number of fused-ring (bicyclic) bond motifs is 1. The number of anilines is 3. The average Bonchev–Trinajstić information content (AvgIpc) is 3.48. The van der Waals surface area contributed by atoms with E-state index in [1.165, 1.54) is 18.2 Å². The molecule has 17 nitrogen and oxygen atoms in total. The van der Waals surface area contributed by atoms with Crippen molar-refractivity contribution in [3.8, 4) is 5.75 Å². The molecule has 61 heavy (non-hydrogen) atoms. The number of carbonyl (C=O) groups is 7. The van der Waals surface area contributed by atoms with Crippen LogP contribution in [0.5, 0.6) is 5.75 Å². The van der Waals surface area contributed by atoms with Crippen LogP contribution >= 0.6 is 23.2 Å². The van der Waals surface area contributed by atoms with Gasteiger partial charge in [0.2, 0.25) is 17.7 Å². The zero-order valence-electron chi connectivity index (χ0n) is 32.8. The summed E-state index contributed by atoms with van der Waals surface area (Å²) >= 11 is 12.3. The summed E-state index contributed by atoms with van der Waals surface area (Å²) in [5, 5.41) is 15.5. The standard InChI is InChI=1S/C41H38Cl2FN9O8/c1-19-17-51(18-20(2)52(19)32(55)16-46-27-6-4-5-24-34(27)41(60)53(40(24)59)29-13-14-31(54)48-38(29)57)39(58)22-7-9-23(10-8-22)47-37(56)28-15-30(36(45)50-49-28)61-21(3)33-25(42)11-12-26(44)35(33)43/h4-12,15,19-21,29,46H,13-14,16-18H2,1-3H3,(H2,45,50)(H,47,56)(H,48,54,57)/t19-,20+,21?,29?. The summed E-state index contributed by atoms with van der Waals surface area (Å²) in [6, 6.07) is 12.6. The van der Waals surface area contributed by atoms with Crippen LogP contribution in [-0.2, 0) is 14.4 Å². The van der Waals surface area contributed by atoms with Gasteiger partial charge in [-0.1, -0.05) is 29.3 Å². The van der Waals surface area contributed by atoms with Crippen molar-refractivity contribution < 1.29 is 42.7 Å². The Morgan fingerprint density at radius 3 is 2.38 bits per heavy atom. The van der Waals surface area contributed by atoms with Gasteiger partial charge in [0.15, 0.2) is 17.3 Å². The van der Waals surface area contributed by atoms with E-state index >= 15 is 0 Å². The predicted molar refractivity (Wildman–Crippen MR) is 220 cm³/mol. The fourth-order valence-corrected chi connectivity index (χ4v) is 8.41. The molecule has 5 N–H and O–H groups in total. The van der Waals surface area contributed by atoms with E-state index in [4.69, 9.17) is 33.7 Å². The summed E-state index contributed by atoms with van der Waals surface area (Å²) in [5.74, 6) is -4.64. The minimum atomic E-state index is -1.13. The number of aromatic nitrogens is 2. The molecular formula is C41H38Cl2FN9O8. The average molecular weight is 875 g/mol. The maximum Gasteiger partial charge on any atom is 0.276 e. The second kappa shape index (κ2) is 17.1. The number of carbonyl (C=O) groups excluding carboxylic acids is 7. The molecule has 2 saturated heterocycles. The molecule has 3 aliphatic rings. The predicted octanol–water partition coefficient (Wildman–Crippen LogP) is 4.47. The third-order valence-corrected chi connectivity index (χ3v) is 11.3. The summed E-state index contributed by atoms with van der Waals surface area (Å²) in [6.07, 6.45) is -0.872. The highest BCUT2D eigenvalue weighted by Crippen LogP contribution is 2.36. The van der Waals surface area contributed by atoms with Gasteiger partial charge in [-0.3, -0.25) is 43.8 Å². The van der Waals surface area contributed by atoms with Crippen molar-refractivity contribution in [1.82, 2.24) is 30.2 Å². The molecule has 1 aromatic heterocycles. The molecule has 7 rings (SSSR count). The first-order chi connectivity index (χ1) is 29.0. The number of nitrogens with one attached hydrogen (secondary N) is 3. The van der Waals surface area contributed by atoms with E-state index in [1.807, 2.05) is 13.8 Å². The van der Waals surface area contributed by atoms with Crippen LogP contribution in [0.2, 0.25) is 10.0 Å². The summed E-state index contributed by atoms with van der Waals surface area (Å²) in [4.78, 5) is 95.4. The molecule has 7 amide bonds. The van der Waals surface area contributed by atoms with Crippen molar-refractivity contribution in [2.24, 2.45) is 0 Å². The molecule has 0 bridgehead atoms. The van der Waals surface area contributed by atoms with Gasteiger partial charge in [0.25, 0.3) is 23.6 Å². The number of benzene rings is 3. The Balaban J connectivity index is 0.942. The van der Waals surface area contributed by atoms with Crippen LogP contribution in [0, 0.1) is 5.82 Å². The van der Waals surface area contributed by atoms with E-state index in [2.05, 4.69) is 26.1 Å².